The number of rotatable bonds is 6. The van der Waals surface area contributed by atoms with Crippen molar-refractivity contribution in [2.45, 2.75) is 25.8 Å². The largest absolute Gasteiger partial charge is 0.312 e. The van der Waals surface area contributed by atoms with Gasteiger partial charge in [-0.15, -0.1) is 11.3 Å². The number of hydrogen-bond acceptors (Lipinski definition) is 5. The zero-order valence-corrected chi connectivity index (χ0v) is 11.5. The second-order valence-corrected chi connectivity index (χ2v) is 7.23. The van der Waals surface area contributed by atoms with E-state index in [-0.39, 0.29) is 11.8 Å². The van der Waals surface area contributed by atoms with Crippen LogP contribution in [-0.4, -0.2) is 32.5 Å². The fourth-order valence-electron chi connectivity index (χ4n) is 1.53. The summed E-state index contributed by atoms with van der Waals surface area (Å²) in [4.78, 5) is 4.40. The second kappa shape index (κ2) is 5.75. The molecular weight excluding hydrogens is 244 g/mol. The Morgan fingerprint density at radius 3 is 2.69 bits per heavy atom. The zero-order valence-electron chi connectivity index (χ0n) is 9.86. The van der Waals surface area contributed by atoms with Crippen molar-refractivity contribution in [2.24, 2.45) is 0 Å². The molecule has 0 amide bonds. The van der Waals surface area contributed by atoms with Gasteiger partial charge in [0.05, 0.1) is 16.7 Å². The highest BCUT2D eigenvalue weighted by atomic mass is 32.2. The minimum atomic E-state index is -2.85. The maximum atomic E-state index is 11.0. The van der Waals surface area contributed by atoms with Gasteiger partial charge in [0.25, 0.3) is 0 Å². The van der Waals surface area contributed by atoms with E-state index < -0.39 is 9.84 Å². The first kappa shape index (κ1) is 13.6. The van der Waals surface area contributed by atoms with Crippen molar-refractivity contribution in [2.75, 3.05) is 19.1 Å². The van der Waals surface area contributed by atoms with Crippen LogP contribution >= 0.6 is 11.3 Å². The second-order valence-electron chi connectivity index (χ2n) is 3.90. The Bertz CT molecular complexity index is 426. The highest BCUT2D eigenvalue weighted by molar-refractivity contribution is 7.90. The topological polar surface area (TPSA) is 59.1 Å². The van der Waals surface area contributed by atoms with Crippen LogP contribution in [0.2, 0.25) is 0 Å². The lowest BCUT2D eigenvalue weighted by Crippen LogP contribution is -2.18. The number of nitrogens with zero attached hydrogens (tertiary/aromatic N) is 1. The van der Waals surface area contributed by atoms with Crippen molar-refractivity contribution in [3.8, 4) is 0 Å². The van der Waals surface area contributed by atoms with Crippen molar-refractivity contribution >= 4 is 21.2 Å². The Morgan fingerprint density at radius 2 is 2.25 bits per heavy atom. The molecular formula is C10H18N2O2S2. The molecule has 0 aliphatic heterocycles. The van der Waals surface area contributed by atoms with Gasteiger partial charge in [-0.05, 0) is 26.8 Å². The van der Waals surface area contributed by atoms with Gasteiger partial charge in [0.1, 0.15) is 9.84 Å². The Balaban J connectivity index is 2.50. The molecule has 1 aromatic heterocycles. The van der Waals surface area contributed by atoms with Gasteiger partial charge in [-0.1, -0.05) is 0 Å². The lowest BCUT2D eigenvalue weighted by atomic mass is 10.1. The van der Waals surface area contributed by atoms with Crippen LogP contribution in [0, 0.1) is 6.92 Å². The summed E-state index contributed by atoms with van der Waals surface area (Å²) in [7, 11) is -0.976. The standard InChI is InChI=1S/C10H18N2O2S2/c1-8-12-10(7-15-8)9(11-2)5-4-6-16(3,13)14/h7,9,11H,4-6H2,1-3H3. The van der Waals surface area contributed by atoms with Gasteiger partial charge in [0.2, 0.25) is 0 Å². The Kier molecular flexibility index (Phi) is 4.89. The van der Waals surface area contributed by atoms with E-state index in [1.807, 2.05) is 19.4 Å². The van der Waals surface area contributed by atoms with Crippen molar-refractivity contribution < 1.29 is 8.42 Å². The summed E-state index contributed by atoms with van der Waals surface area (Å²) < 4.78 is 22.0. The summed E-state index contributed by atoms with van der Waals surface area (Å²) in [6.45, 7) is 1.97. The molecule has 0 radical (unpaired) electrons. The molecule has 1 heterocycles. The van der Waals surface area contributed by atoms with Crippen LogP contribution in [-0.2, 0) is 9.84 Å². The molecule has 1 aromatic rings. The molecule has 16 heavy (non-hydrogen) atoms. The predicted molar refractivity (Wildman–Crippen MR) is 67.6 cm³/mol. The average Bonchev–Trinajstić information content (AvgIpc) is 2.58. The lowest BCUT2D eigenvalue weighted by molar-refractivity contribution is 0.526. The van der Waals surface area contributed by atoms with Gasteiger partial charge in [0, 0.05) is 17.4 Å². The Labute approximate surface area is 101 Å². The normalized spacial score (nSPS) is 13.9. The van der Waals surface area contributed by atoms with Crippen molar-refractivity contribution in [1.29, 1.82) is 0 Å². The molecule has 0 saturated carbocycles. The molecule has 1 rings (SSSR count). The molecule has 1 unspecified atom stereocenters. The molecule has 92 valence electrons. The van der Waals surface area contributed by atoms with Crippen molar-refractivity contribution in [3.05, 3.63) is 16.1 Å². The summed E-state index contributed by atoms with van der Waals surface area (Å²) in [6, 6.07) is 0.159. The van der Waals surface area contributed by atoms with Crippen LogP contribution in [0.4, 0.5) is 0 Å². The smallest absolute Gasteiger partial charge is 0.147 e. The third-order valence-corrected chi connectivity index (χ3v) is 4.17. The molecule has 0 spiro atoms. The molecule has 0 aliphatic carbocycles. The van der Waals surface area contributed by atoms with Crippen LogP contribution < -0.4 is 5.32 Å². The van der Waals surface area contributed by atoms with E-state index in [1.54, 1.807) is 11.3 Å². The number of nitrogens with one attached hydrogen (secondary N) is 1. The molecule has 0 aromatic carbocycles. The summed E-state index contributed by atoms with van der Waals surface area (Å²) in [5.74, 6) is 0.244. The third-order valence-electron chi connectivity index (χ3n) is 2.35. The number of thiazole rings is 1. The molecule has 1 atom stereocenters. The van der Waals surface area contributed by atoms with Gasteiger partial charge in [-0.3, -0.25) is 0 Å². The van der Waals surface area contributed by atoms with E-state index in [9.17, 15) is 8.42 Å². The lowest BCUT2D eigenvalue weighted by Gasteiger charge is -2.13. The monoisotopic (exact) mass is 262 g/mol. The van der Waals surface area contributed by atoms with E-state index in [2.05, 4.69) is 10.3 Å². The van der Waals surface area contributed by atoms with Crippen LogP contribution in [0.3, 0.4) is 0 Å². The zero-order chi connectivity index (χ0) is 12.2. The van der Waals surface area contributed by atoms with Gasteiger partial charge in [0.15, 0.2) is 0 Å². The summed E-state index contributed by atoms with van der Waals surface area (Å²) >= 11 is 1.62. The maximum Gasteiger partial charge on any atom is 0.147 e. The highest BCUT2D eigenvalue weighted by Gasteiger charge is 2.13. The molecule has 6 heteroatoms. The summed E-state index contributed by atoms with van der Waals surface area (Å²) in [5, 5.41) is 6.23. The van der Waals surface area contributed by atoms with E-state index in [1.165, 1.54) is 6.26 Å². The number of sulfone groups is 1. The van der Waals surface area contributed by atoms with Crippen molar-refractivity contribution in [3.63, 3.8) is 0 Å². The SMILES string of the molecule is CNC(CCCS(C)(=O)=O)c1csc(C)n1. The van der Waals surface area contributed by atoms with Gasteiger partial charge in [-0.25, -0.2) is 13.4 Å². The number of aryl methyl sites for hydroxylation is 1. The molecule has 1 N–H and O–H groups in total. The first-order chi connectivity index (χ1) is 7.42. The van der Waals surface area contributed by atoms with E-state index in [4.69, 9.17) is 0 Å². The molecule has 0 aliphatic rings. The minimum absolute atomic E-state index is 0.159. The fourth-order valence-corrected chi connectivity index (χ4v) is 2.89. The summed E-state index contributed by atoms with van der Waals surface area (Å²) in [6.07, 6.45) is 2.74. The van der Waals surface area contributed by atoms with Crippen molar-refractivity contribution in [1.82, 2.24) is 10.3 Å². The molecule has 0 fully saturated rings. The Morgan fingerprint density at radius 1 is 1.56 bits per heavy atom. The molecule has 0 saturated heterocycles. The van der Waals surface area contributed by atoms with E-state index in [0.29, 0.717) is 6.42 Å². The molecule has 0 bridgehead atoms. The summed E-state index contributed by atoms with van der Waals surface area (Å²) in [5.41, 5.74) is 1.01. The quantitative estimate of drug-likeness (QED) is 0.845. The van der Waals surface area contributed by atoms with Gasteiger partial charge >= 0.3 is 0 Å². The van der Waals surface area contributed by atoms with Crippen LogP contribution in [0.25, 0.3) is 0 Å². The van der Waals surface area contributed by atoms with Gasteiger partial charge in [-0.2, -0.15) is 0 Å². The first-order valence-electron chi connectivity index (χ1n) is 5.19. The van der Waals surface area contributed by atoms with Gasteiger partial charge < -0.3 is 5.32 Å². The predicted octanol–water partition coefficient (Wildman–Crippen LogP) is 1.54. The minimum Gasteiger partial charge on any atom is -0.312 e. The maximum absolute atomic E-state index is 11.0. The first-order valence-corrected chi connectivity index (χ1v) is 8.13. The highest BCUT2D eigenvalue weighted by Crippen LogP contribution is 2.20. The number of aromatic nitrogens is 1. The van der Waals surface area contributed by atoms with Crippen LogP contribution in [0.5, 0.6) is 0 Å². The Hall–Kier alpha value is -0.460. The average molecular weight is 262 g/mol. The van der Waals surface area contributed by atoms with Crippen LogP contribution in [0.1, 0.15) is 29.6 Å². The van der Waals surface area contributed by atoms with E-state index in [0.717, 1.165) is 17.1 Å². The molecule has 4 nitrogen and oxygen atoms in total. The van der Waals surface area contributed by atoms with Crippen LogP contribution in [0.15, 0.2) is 5.38 Å². The number of hydrogen-bond donors (Lipinski definition) is 1. The fraction of sp³-hybridized carbons (Fsp3) is 0.700. The van der Waals surface area contributed by atoms with E-state index >= 15 is 0 Å². The third kappa shape index (κ3) is 4.59.